The van der Waals surface area contributed by atoms with Gasteiger partial charge in [0, 0.05) is 24.0 Å². The molecule has 2 atom stereocenters. The van der Waals surface area contributed by atoms with Crippen LogP contribution in [0.2, 0.25) is 0 Å². The van der Waals surface area contributed by atoms with Crippen LogP contribution in [0, 0.1) is 5.92 Å². The fraction of sp³-hybridized carbons (Fsp3) is 0.462. The first-order valence-corrected chi connectivity index (χ1v) is 6.12. The summed E-state index contributed by atoms with van der Waals surface area (Å²) in [5.74, 6) is -1.52. The molecule has 0 bridgehead atoms. The first kappa shape index (κ1) is 12.5. The SMILES string of the molecule is O=C(N[C@H]1CCCC[C@H]1C(=O)O)c1ccncc1. The number of carbonyl (C=O) groups excluding carboxylic acids is 1. The molecule has 2 rings (SSSR count). The third kappa shape index (κ3) is 2.85. The zero-order valence-electron chi connectivity index (χ0n) is 10.0. The van der Waals surface area contributed by atoms with Gasteiger partial charge in [-0.25, -0.2) is 0 Å². The number of amides is 1. The molecule has 96 valence electrons. The second kappa shape index (κ2) is 5.62. The molecule has 0 unspecified atom stereocenters. The third-order valence-electron chi connectivity index (χ3n) is 3.34. The number of carboxylic acids is 1. The Kier molecular flexibility index (Phi) is 3.92. The first-order chi connectivity index (χ1) is 8.68. The lowest BCUT2D eigenvalue weighted by Crippen LogP contribution is -2.45. The molecule has 5 nitrogen and oxygen atoms in total. The number of hydrogen-bond acceptors (Lipinski definition) is 3. The predicted molar refractivity (Wildman–Crippen MR) is 65.1 cm³/mol. The molecular formula is C13H16N2O3. The molecule has 1 saturated carbocycles. The van der Waals surface area contributed by atoms with Crippen molar-refractivity contribution in [1.29, 1.82) is 0 Å². The molecule has 0 aromatic carbocycles. The molecule has 2 N–H and O–H groups in total. The van der Waals surface area contributed by atoms with Crippen LogP contribution in [0.1, 0.15) is 36.0 Å². The summed E-state index contributed by atoms with van der Waals surface area (Å²) in [5.41, 5.74) is 0.514. The molecule has 1 heterocycles. The van der Waals surface area contributed by atoms with Crippen LogP contribution in [-0.4, -0.2) is 28.0 Å². The van der Waals surface area contributed by atoms with Gasteiger partial charge in [-0.1, -0.05) is 12.8 Å². The van der Waals surface area contributed by atoms with Crippen molar-refractivity contribution < 1.29 is 14.7 Å². The number of aliphatic carboxylic acids is 1. The number of rotatable bonds is 3. The van der Waals surface area contributed by atoms with Crippen LogP contribution in [0.5, 0.6) is 0 Å². The van der Waals surface area contributed by atoms with E-state index < -0.39 is 11.9 Å². The van der Waals surface area contributed by atoms with Gasteiger partial charge in [-0.05, 0) is 25.0 Å². The highest BCUT2D eigenvalue weighted by molar-refractivity contribution is 5.94. The maximum atomic E-state index is 11.9. The monoisotopic (exact) mass is 248 g/mol. The summed E-state index contributed by atoms with van der Waals surface area (Å²) in [4.78, 5) is 26.9. The quantitative estimate of drug-likeness (QED) is 0.848. The maximum Gasteiger partial charge on any atom is 0.308 e. The van der Waals surface area contributed by atoms with E-state index in [-0.39, 0.29) is 11.9 Å². The van der Waals surface area contributed by atoms with Crippen molar-refractivity contribution in [1.82, 2.24) is 10.3 Å². The topological polar surface area (TPSA) is 79.3 Å². The van der Waals surface area contributed by atoms with Crippen LogP contribution < -0.4 is 5.32 Å². The second-order valence-corrected chi connectivity index (χ2v) is 4.55. The van der Waals surface area contributed by atoms with Crippen LogP contribution in [0.4, 0.5) is 0 Å². The normalized spacial score (nSPS) is 23.3. The second-order valence-electron chi connectivity index (χ2n) is 4.55. The predicted octanol–water partition coefficient (Wildman–Crippen LogP) is 1.45. The van der Waals surface area contributed by atoms with Gasteiger partial charge in [0.15, 0.2) is 0 Å². The zero-order valence-corrected chi connectivity index (χ0v) is 10.0. The Morgan fingerprint density at radius 1 is 1.22 bits per heavy atom. The van der Waals surface area contributed by atoms with Crippen molar-refractivity contribution in [3.8, 4) is 0 Å². The van der Waals surface area contributed by atoms with Gasteiger partial charge < -0.3 is 10.4 Å². The van der Waals surface area contributed by atoms with E-state index in [0.717, 1.165) is 19.3 Å². The van der Waals surface area contributed by atoms with Gasteiger partial charge in [-0.15, -0.1) is 0 Å². The molecule has 0 spiro atoms. The minimum atomic E-state index is -0.824. The molecule has 1 aliphatic carbocycles. The fourth-order valence-electron chi connectivity index (χ4n) is 2.35. The van der Waals surface area contributed by atoms with E-state index in [9.17, 15) is 9.59 Å². The first-order valence-electron chi connectivity index (χ1n) is 6.12. The Morgan fingerprint density at radius 3 is 2.56 bits per heavy atom. The van der Waals surface area contributed by atoms with Gasteiger partial charge in [-0.2, -0.15) is 0 Å². The molecule has 1 fully saturated rings. The Morgan fingerprint density at radius 2 is 1.89 bits per heavy atom. The number of nitrogens with zero attached hydrogens (tertiary/aromatic N) is 1. The molecule has 0 saturated heterocycles. The summed E-state index contributed by atoms with van der Waals surface area (Å²) in [6.07, 6.45) is 6.34. The summed E-state index contributed by atoms with van der Waals surface area (Å²) >= 11 is 0. The highest BCUT2D eigenvalue weighted by Crippen LogP contribution is 2.24. The number of nitrogens with one attached hydrogen (secondary N) is 1. The molecular weight excluding hydrogens is 232 g/mol. The average molecular weight is 248 g/mol. The standard InChI is InChI=1S/C13H16N2O3/c16-12(9-5-7-14-8-6-9)15-11-4-2-1-3-10(11)13(17)18/h5-8,10-11H,1-4H2,(H,15,16)(H,17,18)/t10-,11+/m1/s1. The van der Waals surface area contributed by atoms with Crippen molar-refractivity contribution in [2.24, 2.45) is 5.92 Å². The summed E-state index contributed by atoms with van der Waals surface area (Å²) in [5, 5.41) is 11.9. The molecule has 1 aromatic heterocycles. The Bertz CT molecular complexity index is 433. The van der Waals surface area contributed by atoms with Crippen LogP contribution >= 0.6 is 0 Å². The van der Waals surface area contributed by atoms with E-state index in [1.54, 1.807) is 24.5 Å². The molecule has 1 aliphatic rings. The smallest absolute Gasteiger partial charge is 0.308 e. The third-order valence-corrected chi connectivity index (χ3v) is 3.34. The molecule has 1 aromatic rings. The van der Waals surface area contributed by atoms with E-state index in [1.165, 1.54) is 0 Å². The average Bonchev–Trinajstić information content (AvgIpc) is 2.40. The number of aromatic nitrogens is 1. The Balaban J connectivity index is 2.03. The molecule has 0 aliphatic heterocycles. The molecule has 18 heavy (non-hydrogen) atoms. The van der Waals surface area contributed by atoms with Crippen molar-refractivity contribution >= 4 is 11.9 Å². The van der Waals surface area contributed by atoms with Gasteiger partial charge >= 0.3 is 5.97 Å². The number of carbonyl (C=O) groups is 2. The van der Waals surface area contributed by atoms with Gasteiger partial charge in [0.1, 0.15) is 0 Å². The summed E-state index contributed by atoms with van der Waals surface area (Å²) < 4.78 is 0. The number of hydrogen-bond donors (Lipinski definition) is 2. The highest BCUT2D eigenvalue weighted by Gasteiger charge is 2.31. The number of carboxylic acid groups (broad SMARTS) is 1. The van der Waals surface area contributed by atoms with E-state index in [2.05, 4.69) is 10.3 Å². The van der Waals surface area contributed by atoms with E-state index in [0.29, 0.717) is 12.0 Å². The van der Waals surface area contributed by atoms with Crippen LogP contribution in [-0.2, 0) is 4.79 Å². The van der Waals surface area contributed by atoms with Crippen molar-refractivity contribution in [3.63, 3.8) is 0 Å². The lowest BCUT2D eigenvalue weighted by atomic mass is 9.84. The van der Waals surface area contributed by atoms with Crippen LogP contribution in [0.25, 0.3) is 0 Å². The lowest BCUT2D eigenvalue weighted by Gasteiger charge is -2.29. The summed E-state index contributed by atoms with van der Waals surface area (Å²) in [7, 11) is 0. The Hall–Kier alpha value is -1.91. The van der Waals surface area contributed by atoms with Crippen LogP contribution in [0.3, 0.4) is 0 Å². The molecule has 5 heteroatoms. The zero-order chi connectivity index (χ0) is 13.0. The number of pyridine rings is 1. The Labute approximate surface area is 105 Å². The highest BCUT2D eigenvalue weighted by atomic mass is 16.4. The largest absolute Gasteiger partial charge is 0.481 e. The molecule has 0 radical (unpaired) electrons. The molecule has 1 amide bonds. The minimum absolute atomic E-state index is 0.226. The lowest BCUT2D eigenvalue weighted by molar-refractivity contribution is -0.143. The van der Waals surface area contributed by atoms with Gasteiger partial charge in [0.2, 0.25) is 0 Å². The van der Waals surface area contributed by atoms with Gasteiger partial charge in [-0.3, -0.25) is 14.6 Å². The van der Waals surface area contributed by atoms with Crippen molar-refractivity contribution in [3.05, 3.63) is 30.1 Å². The van der Waals surface area contributed by atoms with Gasteiger partial charge in [0.05, 0.1) is 5.92 Å². The van der Waals surface area contributed by atoms with Crippen molar-refractivity contribution in [2.75, 3.05) is 0 Å². The van der Waals surface area contributed by atoms with E-state index >= 15 is 0 Å². The van der Waals surface area contributed by atoms with E-state index in [1.807, 2.05) is 0 Å². The summed E-state index contributed by atoms with van der Waals surface area (Å²) in [6, 6.07) is 2.97. The maximum absolute atomic E-state index is 11.9. The minimum Gasteiger partial charge on any atom is -0.481 e. The van der Waals surface area contributed by atoms with Crippen LogP contribution in [0.15, 0.2) is 24.5 Å². The van der Waals surface area contributed by atoms with Crippen molar-refractivity contribution in [2.45, 2.75) is 31.7 Å². The van der Waals surface area contributed by atoms with E-state index in [4.69, 9.17) is 5.11 Å². The van der Waals surface area contributed by atoms with Gasteiger partial charge in [0.25, 0.3) is 5.91 Å². The summed E-state index contributed by atoms with van der Waals surface area (Å²) in [6.45, 7) is 0. The fourth-order valence-corrected chi connectivity index (χ4v) is 2.35.